The number of hydrogen-bond donors (Lipinski definition) is 1. The maximum Gasteiger partial charge on any atom is 0.225 e. The Morgan fingerprint density at radius 3 is 3.04 bits per heavy atom. The van der Waals surface area contributed by atoms with Gasteiger partial charge in [-0.05, 0) is 30.7 Å². The molecule has 4 rings (SSSR count). The summed E-state index contributed by atoms with van der Waals surface area (Å²) in [7, 11) is 1.57. The molecule has 0 saturated carbocycles. The highest BCUT2D eigenvalue weighted by Gasteiger charge is 2.25. The summed E-state index contributed by atoms with van der Waals surface area (Å²) in [5.74, 6) is 0.554. The summed E-state index contributed by atoms with van der Waals surface area (Å²) >= 11 is 6.02. The number of likely N-dealkylation sites (tertiary alicyclic amines) is 1. The molecule has 0 bridgehead atoms. The number of aromatic nitrogens is 2. The van der Waals surface area contributed by atoms with Crippen LogP contribution in [0.4, 0.5) is 5.69 Å². The number of para-hydroxylation sites is 1. The molecule has 1 aliphatic rings. The third-order valence-corrected chi connectivity index (χ3v) is 5.42. The van der Waals surface area contributed by atoms with Crippen LogP contribution in [0.2, 0.25) is 5.02 Å². The number of benzene rings is 2. The molecule has 3 aromatic rings. The van der Waals surface area contributed by atoms with E-state index in [1.165, 1.54) is 5.52 Å². The number of methoxy groups -OCH3 is 1. The minimum Gasteiger partial charge on any atom is -0.495 e. The third kappa shape index (κ3) is 3.98. The number of hydrogen-bond acceptors (Lipinski definition) is 4. The quantitative estimate of drug-likeness (QED) is 0.682. The van der Waals surface area contributed by atoms with Crippen LogP contribution in [0.3, 0.4) is 0 Å². The second-order valence-electron chi connectivity index (χ2n) is 7.03. The van der Waals surface area contributed by atoms with Gasteiger partial charge in [0.15, 0.2) is 0 Å². The molecule has 1 aliphatic heterocycles. The van der Waals surface area contributed by atoms with E-state index in [0.29, 0.717) is 35.5 Å². The van der Waals surface area contributed by atoms with Gasteiger partial charge in [-0.1, -0.05) is 29.8 Å². The van der Waals surface area contributed by atoms with Gasteiger partial charge in [-0.3, -0.25) is 9.48 Å². The average molecular weight is 399 g/mol. The van der Waals surface area contributed by atoms with Gasteiger partial charge in [0, 0.05) is 36.5 Å². The minimum atomic E-state index is -0.0476. The number of carbonyl (C=O) groups excluding carboxylic acids is 1. The van der Waals surface area contributed by atoms with Gasteiger partial charge in [0.05, 0.1) is 30.6 Å². The Morgan fingerprint density at radius 1 is 1.32 bits per heavy atom. The standard InChI is InChI=1S/C21H23ClN4O2/c1-28-20-7-6-16(22)12-18(20)24-21(27)9-11-25-10-8-17(14-25)26-19-5-3-2-4-15(19)13-23-26/h2-7,12-13,17H,8-11,14H2,1H3,(H,24,27). The van der Waals surface area contributed by atoms with E-state index in [0.717, 1.165) is 24.9 Å². The molecule has 1 atom stereocenters. The number of ether oxygens (including phenoxy) is 1. The minimum absolute atomic E-state index is 0.0476. The highest BCUT2D eigenvalue weighted by atomic mass is 35.5. The highest BCUT2D eigenvalue weighted by Crippen LogP contribution is 2.28. The van der Waals surface area contributed by atoms with Crippen LogP contribution in [0.25, 0.3) is 10.9 Å². The Hall–Kier alpha value is -2.57. The number of amides is 1. The van der Waals surface area contributed by atoms with Crippen molar-refractivity contribution in [2.75, 3.05) is 32.1 Å². The van der Waals surface area contributed by atoms with Crippen LogP contribution < -0.4 is 10.1 Å². The maximum absolute atomic E-state index is 12.4. The first-order chi connectivity index (χ1) is 13.6. The van der Waals surface area contributed by atoms with E-state index in [2.05, 4.69) is 32.1 Å². The van der Waals surface area contributed by atoms with Crippen molar-refractivity contribution in [2.45, 2.75) is 18.9 Å². The van der Waals surface area contributed by atoms with Gasteiger partial charge in [0.2, 0.25) is 5.91 Å². The Morgan fingerprint density at radius 2 is 2.18 bits per heavy atom. The molecule has 1 unspecified atom stereocenters. The van der Waals surface area contributed by atoms with Crippen molar-refractivity contribution in [3.8, 4) is 5.75 Å². The SMILES string of the molecule is COc1ccc(Cl)cc1NC(=O)CCN1CCC(n2ncc3ccccc32)C1. The highest BCUT2D eigenvalue weighted by molar-refractivity contribution is 6.31. The van der Waals surface area contributed by atoms with Crippen LogP contribution in [-0.4, -0.2) is 47.3 Å². The predicted molar refractivity (Wildman–Crippen MR) is 111 cm³/mol. The number of nitrogens with one attached hydrogen (secondary N) is 1. The Labute approximate surface area is 169 Å². The number of carbonyl (C=O) groups is 1. The van der Waals surface area contributed by atoms with Crippen molar-refractivity contribution in [3.63, 3.8) is 0 Å². The molecule has 146 valence electrons. The molecular formula is C21H23ClN4O2. The van der Waals surface area contributed by atoms with Gasteiger partial charge in [-0.15, -0.1) is 0 Å². The Balaban J connectivity index is 1.32. The lowest BCUT2D eigenvalue weighted by Crippen LogP contribution is -2.26. The van der Waals surface area contributed by atoms with Crippen molar-refractivity contribution >= 4 is 34.1 Å². The number of fused-ring (bicyclic) bond motifs is 1. The van der Waals surface area contributed by atoms with E-state index in [9.17, 15) is 4.79 Å². The lowest BCUT2D eigenvalue weighted by Gasteiger charge is -2.17. The molecule has 1 fully saturated rings. The van der Waals surface area contributed by atoms with Crippen molar-refractivity contribution < 1.29 is 9.53 Å². The van der Waals surface area contributed by atoms with Crippen molar-refractivity contribution in [3.05, 3.63) is 53.7 Å². The van der Waals surface area contributed by atoms with Gasteiger partial charge in [-0.2, -0.15) is 5.10 Å². The molecule has 1 saturated heterocycles. The van der Waals surface area contributed by atoms with Crippen LogP contribution in [0, 0.1) is 0 Å². The van der Waals surface area contributed by atoms with Gasteiger partial charge in [-0.25, -0.2) is 0 Å². The fraction of sp³-hybridized carbons (Fsp3) is 0.333. The zero-order valence-corrected chi connectivity index (χ0v) is 16.5. The third-order valence-electron chi connectivity index (χ3n) is 5.19. The molecule has 1 aromatic heterocycles. The zero-order valence-electron chi connectivity index (χ0n) is 15.8. The van der Waals surface area contributed by atoms with Gasteiger partial charge < -0.3 is 15.0 Å². The Bertz CT molecular complexity index is 987. The summed E-state index contributed by atoms with van der Waals surface area (Å²) in [4.78, 5) is 14.7. The molecular weight excluding hydrogens is 376 g/mol. The fourth-order valence-electron chi connectivity index (χ4n) is 3.75. The van der Waals surface area contributed by atoms with E-state index < -0.39 is 0 Å². The zero-order chi connectivity index (χ0) is 19.5. The number of anilines is 1. The van der Waals surface area contributed by atoms with Gasteiger partial charge in [0.25, 0.3) is 0 Å². The second kappa shape index (κ2) is 8.20. The first-order valence-corrected chi connectivity index (χ1v) is 9.80. The molecule has 1 N–H and O–H groups in total. The van der Waals surface area contributed by atoms with E-state index in [1.54, 1.807) is 25.3 Å². The molecule has 6 nitrogen and oxygen atoms in total. The molecule has 2 aromatic carbocycles. The molecule has 7 heteroatoms. The summed E-state index contributed by atoms with van der Waals surface area (Å²) in [5, 5.41) is 9.19. The monoisotopic (exact) mass is 398 g/mol. The van der Waals surface area contributed by atoms with Crippen LogP contribution in [0.1, 0.15) is 18.9 Å². The smallest absolute Gasteiger partial charge is 0.225 e. The number of rotatable bonds is 6. The lowest BCUT2D eigenvalue weighted by molar-refractivity contribution is -0.116. The molecule has 2 heterocycles. The Kier molecular flexibility index (Phi) is 5.50. The molecule has 0 radical (unpaired) electrons. The molecule has 0 aliphatic carbocycles. The summed E-state index contributed by atoms with van der Waals surface area (Å²) in [6.45, 7) is 2.58. The summed E-state index contributed by atoms with van der Waals surface area (Å²) < 4.78 is 7.39. The molecule has 0 spiro atoms. The van der Waals surface area contributed by atoms with Crippen molar-refractivity contribution in [1.29, 1.82) is 0 Å². The lowest BCUT2D eigenvalue weighted by atomic mass is 10.2. The van der Waals surface area contributed by atoms with Crippen LogP contribution in [0.15, 0.2) is 48.7 Å². The number of halogens is 1. The molecule has 1 amide bonds. The van der Waals surface area contributed by atoms with Crippen LogP contribution in [-0.2, 0) is 4.79 Å². The number of nitrogens with zero attached hydrogens (tertiary/aromatic N) is 3. The average Bonchev–Trinajstić information content (AvgIpc) is 3.33. The van der Waals surface area contributed by atoms with Crippen molar-refractivity contribution in [2.24, 2.45) is 0 Å². The summed E-state index contributed by atoms with van der Waals surface area (Å²) in [5.41, 5.74) is 1.77. The van der Waals surface area contributed by atoms with E-state index in [1.807, 2.05) is 18.3 Å². The maximum atomic E-state index is 12.4. The first-order valence-electron chi connectivity index (χ1n) is 9.42. The summed E-state index contributed by atoms with van der Waals surface area (Å²) in [6, 6.07) is 13.8. The van der Waals surface area contributed by atoms with E-state index >= 15 is 0 Å². The van der Waals surface area contributed by atoms with Crippen LogP contribution >= 0.6 is 11.6 Å². The molecule has 28 heavy (non-hydrogen) atoms. The largest absolute Gasteiger partial charge is 0.495 e. The van der Waals surface area contributed by atoms with E-state index in [-0.39, 0.29) is 5.91 Å². The summed E-state index contributed by atoms with van der Waals surface area (Å²) in [6.07, 6.45) is 3.38. The van der Waals surface area contributed by atoms with Crippen LogP contribution in [0.5, 0.6) is 5.75 Å². The normalized spacial score (nSPS) is 17.1. The first kappa shape index (κ1) is 18.8. The second-order valence-corrected chi connectivity index (χ2v) is 7.47. The van der Waals surface area contributed by atoms with Gasteiger partial charge >= 0.3 is 0 Å². The predicted octanol–water partition coefficient (Wildman–Crippen LogP) is 3.97. The van der Waals surface area contributed by atoms with Crippen molar-refractivity contribution in [1.82, 2.24) is 14.7 Å². The fourth-order valence-corrected chi connectivity index (χ4v) is 3.92. The van der Waals surface area contributed by atoms with Gasteiger partial charge in [0.1, 0.15) is 5.75 Å². The van der Waals surface area contributed by atoms with E-state index in [4.69, 9.17) is 16.3 Å². The topological polar surface area (TPSA) is 59.4 Å².